The highest BCUT2D eigenvalue weighted by Gasteiger charge is 2.35. The lowest BCUT2D eigenvalue weighted by molar-refractivity contribution is 0.178. The molecule has 1 rings (SSSR count). The number of rotatable bonds is 5. The highest BCUT2D eigenvalue weighted by molar-refractivity contribution is 5.01. The van der Waals surface area contributed by atoms with Gasteiger partial charge in [-0.2, -0.15) is 5.26 Å². The third kappa shape index (κ3) is 3.52. The lowest BCUT2D eigenvalue weighted by Crippen LogP contribution is -2.27. The van der Waals surface area contributed by atoms with E-state index in [4.69, 9.17) is 0 Å². The molecule has 2 unspecified atom stereocenters. The predicted octanol–water partition coefficient (Wildman–Crippen LogP) is 4.68. The van der Waals surface area contributed by atoms with Crippen molar-refractivity contribution in [1.82, 2.24) is 0 Å². The first-order valence-corrected chi connectivity index (χ1v) is 6.67. The van der Waals surface area contributed by atoms with Crippen LogP contribution in [0.5, 0.6) is 0 Å². The quantitative estimate of drug-likeness (QED) is 0.601. The monoisotopic (exact) mass is 207 g/mol. The second-order valence-electron chi connectivity index (χ2n) is 5.22. The van der Waals surface area contributed by atoms with Crippen molar-refractivity contribution >= 4 is 0 Å². The minimum atomic E-state index is 0.0497. The van der Waals surface area contributed by atoms with Gasteiger partial charge in [0.05, 0.1) is 11.5 Å². The third-order valence-electron chi connectivity index (χ3n) is 4.02. The molecule has 1 aliphatic rings. The van der Waals surface area contributed by atoms with Crippen molar-refractivity contribution in [2.24, 2.45) is 11.3 Å². The molecule has 0 amide bonds. The Morgan fingerprint density at radius 2 is 2.13 bits per heavy atom. The first-order valence-electron chi connectivity index (χ1n) is 6.67. The molecule has 1 nitrogen and oxygen atoms in total. The summed E-state index contributed by atoms with van der Waals surface area (Å²) in [4.78, 5) is 0. The Morgan fingerprint density at radius 1 is 1.33 bits per heavy atom. The number of nitriles is 1. The van der Waals surface area contributed by atoms with Gasteiger partial charge in [-0.3, -0.25) is 0 Å². The molecule has 86 valence electrons. The van der Waals surface area contributed by atoms with Crippen LogP contribution in [0.25, 0.3) is 0 Å². The van der Waals surface area contributed by atoms with Gasteiger partial charge in [0.1, 0.15) is 0 Å². The summed E-state index contributed by atoms with van der Waals surface area (Å²) in [6.45, 7) is 4.50. The number of nitrogens with zero attached hydrogens (tertiary/aromatic N) is 1. The van der Waals surface area contributed by atoms with Crippen LogP contribution in [0.15, 0.2) is 0 Å². The summed E-state index contributed by atoms with van der Waals surface area (Å²) in [7, 11) is 0. The van der Waals surface area contributed by atoms with E-state index in [2.05, 4.69) is 19.9 Å². The minimum absolute atomic E-state index is 0.0497. The van der Waals surface area contributed by atoms with E-state index in [1.165, 1.54) is 44.9 Å². The van der Waals surface area contributed by atoms with Crippen molar-refractivity contribution < 1.29 is 0 Å². The molecule has 0 saturated heterocycles. The summed E-state index contributed by atoms with van der Waals surface area (Å²) in [5.74, 6) is 0.819. The van der Waals surface area contributed by atoms with Gasteiger partial charge in [-0.1, -0.05) is 52.4 Å². The van der Waals surface area contributed by atoms with Crippen LogP contribution in [0.1, 0.15) is 71.6 Å². The van der Waals surface area contributed by atoms with E-state index >= 15 is 0 Å². The van der Waals surface area contributed by atoms with Crippen LogP contribution in [0.4, 0.5) is 0 Å². The normalized spacial score (nSPS) is 31.1. The van der Waals surface area contributed by atoms with Gasteiger partial charge in [-0.25, -0.2) is 0 Å². The summed E-state index contributed by atoms with van der Waals surface area (Å²) in [5, 5.41) is 9.40. The Labute approximate surface area is 94.9 Å². The summed E-state index contributed by atoms with van der Waals surface area (Å²) in [6, 6.07) is 2.64. The van der Waals surface area contributed by atoms with Crippen molar-refractivity contribution in [2.45, 2.75) is 71.6 Å². The van der Waals surface area contributed by atoms with E-state index in [0.29, 0.717) is 0 Å². The highest BCUT2D eigenvalue weighted by atomic mass is 14.4. The molecule has 1 heteroatoms. The van der Waals surface area contributed by atoms with Gasteiger partial charge in [-0.05, 0) is 25.2 Å². The number of unbranched alkanes of at least 4 members (excludes halogenated alkanes) is 2. The molecule has 0 heterocycles. The summed E-state index contributed by atoms with van der Waals surface area (Å²) in [5.41, 5.74) is 0.0497. The summed E-state index contributed by atoms with van der Waals surface area (Å²) < 4.78 is 0. The second kappa shape index (κ2) is 6.16. The Kier molecular flexibility index (Phi) is 5.15. The zero-order valence-corrected chi connectivity index (χ0v) is 10.4. The molecule has 0 aromatic heterocycles. The Hall–Kier alpha value is -0.510. The lowest BCUT2D eigenvalue weighted by atomic mass is 9.67. The van der Waals surface area contributed by atoms with Crippen LogP contribution in [-0.4, -0.2) is 0 Å². The molecule has 1 fully saturated rings. The van der Waals surface area contributed by atoms with E-state index in [1.807, 2.05) is 0 Å². The Morgan fingerprint density at radius 3 is 2.73 bits per heavy atom. The first kappa shape index (κ1) is 12.6. The van der Waals surface area contributed by atoms with E-state index in [-0.39, 0.29) is 5.41 Å². The first-order chi connectivity index (χ1) is 7.26. The predicted molar refractivity (Wildman–Crippen MR) is 64.4 cm³/mol. The van der Waals surface area contributed by atoms with Crippen molar-refractivity contribution in [2.75, 3.05) is 0 Å². The summed E-state index contributed by atoms with van der Waals surface area (Å²) >= 11 is 0. The van der Waals surface area contributed by atoms with Crippen molar-refractivity contribution in [3.8, 4) is 6.07 Å². The van der Waals surface area contributed by atoms with E-state index in [0.717, 1.165) is 18.8 Å². The molecule has 15 heavy (non-hydrogen) atoms. The molecule has 0 aliphatic heterocycles. The molecule has 1 saturated carbocycles. The maximum absolute atomic E-state index is 9.40. The molecular weight excluding hydrogens is 182 g/mol. The molecule has 0 aromatic carbocycles. The fourth-order valence-corrected chi connectivity index (χ4v) is 2.93. The Bertz CT molecular complexity index is 216. The second-order valence-corrected chi connectivity index (χ2v) is 5.22. The molecule has 0 radical (unpaired) electrons. The van der Waals surface area contributed by atoms with Crippen molar-refractivity contribution in [3.63, 3.8) is 0 Å². The number of hydrogen-bond donors (Lipinski definition) is 0. The van der Waals surface area contributed by atoms with Gasteiger partial charge in [0.25, 0.3) is 0 Å². The van der Waals surface area contributed by atoms with E-state index in [9.17, 15) is 5.26 Å². The average molecular weight is 207 g/mol. The molecule has 2 atom stereocenters. The standard InChI is InChI=1S/C14H25N/c1-3-5-6-9-14(12-15)10-7-8-13(4-2)11-14/h13H,3-11H2,1-2H3. The maximum Gasteiger partial charge on any atom is 0.0689 e. The van der Waals surface area contributed by atoms with Gasteiger partial charge < -0.3 is 0 Å². The van der Waals surface area contributed by atoms with Gasteiger partial charge in [0, 0.05) is 0 Å². The fraction of sp³-hybridized carbons (Fsp3) is 0.929. The zero-order valence-electron chi connectivity index (χ0n) is 10.4. The molecule has 0 aromatic rings. The SMILES string of the molecule is CCCCCC1(C#N)CCCC(CC)C1. The molecular formula is C14H25N. The lowest BCUT2D eigenvalue weighted by Gasteiger charge is -2.35. The van der Waals surface area contributed by atoms with Crippen LogP contribution in [-0.2, 0) is 0 Å². The molecule has 0 spiro atoms. The zero-order chi connectivity index (χ0) is 11.1. The fourth-order valence-electron chi connectivity index (χ4n) is 2.93. The molecule has 1 aliphatic carbocycles. The number of hydrogen-bond acceptors (Lipinski definition) is 1. The minimum Gasteiger partial charge on any atom is -0.198 e. The average Bonchev–Trinajstić information content (AvgIpc) is 2.30. The maximum atomic E-state index is 9.40. The smallest absolute Gasteiger partial charge is 0.0689 e. The topological polar surface area (TPSA) is 23.8 Å². The van der Waals surface area contributed by atoms with Crippen molar-refractivity contribution in [1.29, 1.82) is 5.26 Å². The van der Waals surface area contributed by atoms with E-state index < -0.39 is 0 Å². The highest BCUT2D eigenvalue weighted by Crippen LogP contribution is 2.43. The van der Waals surface area contributed by atoms with Gasteiger partial charge in [0.2, 0.25) is 0 Å². The van der Waals surface area contributed by atoms with Crippen LogP contribution in [0.3, 0.4) is 0 Å². The van der Waals surface area contributed by atoms with Crippen LogP contribution in [0, 0.1) is 22.7 Å². The Balaban J connectivity index is 2.48. The van der Waals surface area contributed by atoms with E-state index in [1.54, 1.807) is 0 Å². The van der Waals surface area contributed by atoms with Gasteiger partial charge in [-0.15, -0.1) is 0 Å². The van der Waals surface area contributed by atoms with Gasteiger partial charge >= 0.3 is 0 Å². The molecule has 0 N–H and O–H groups in total. The van der Waals surface area contributed by atoms with Gasteiger partial charge in [0.15, 0.2) is 0 Å². The third-order valence-corrected chi connectivity index (χ3v) is 4.02. The van der Waals surface area contributed by atoms with Crippen LogP contribution >= 0.6 is 0 Å². The summed E-state index contributed by atoms with van der Waals surface area (Å²) in [6.07, 6.45) is 11.2. The largest absolute Gasteiger partial charge is 0.198 e. The van der Waals surface area contributed by atoms with Crippen LogP contribution in [0.2, 0.25) is 0 Å². The van der Waals surface area contributed by atoms with Crippen molar-refractivity contribution in [3.05, 3.63) is 0 Å². The van der Waals surface area contributed by atoms with Crippen LogP contribution < -0.4 is 0 Å². The molecule has 0 bridgehead atoms.